The monoisotopic (exact) mass is 287 g/mol. The second-order valence-corrected chi connectivity index (χ2v) is 4.62. The van der Waals surface area contributed by atoms with Crippen molar-refractivity contribution in [2.24, 2.45) is 0 Å². The number of Topliss-reactive ketones (excluding diaryl/α,β-unsaturated/α-hetero) is 1. The highest BCUT2D eigenvalue weighted by molar-refractivity contribution is 5.81. The number of anilines is 1. The highest BCUT2D eigenvalue weighted by atomic mass is 16.6. The van der Waals surface area contributed by atoms with Crippen LogP contribution in [0.1, 0.15) is 19.3 Å². The van der Waals surface area contributed by atoms with Crippen LogP contribution in [0.5, 0.6) is 0 Å². The minimum Gasteiger partial charge on any atom is -0.379 e. The van der Waals surface area contributed by atoms with E-state index in [1.807, 2.05) is 6.08 Å². The molecule has 0 atom stereocenters. The van der Waals surface area contributed by atoms with Crippen LogP contribution in [0.2, 0.25) is 0 Å². The molecule has 21 heavy (non-hydrogen) atoms. The molecular formula is C12H13N7O2. The number of carbonyl (C=O) groups is 1. The standard InChI is InChI=1S/C12H13N7O2/c13-11-10(16-21-17-11)12-14-18-19(15-12)7-9(20)6-8-4-2-1-3-5-8/h2,4-5H,1,3,6-7H2,(H2,13,17). The maximum Gasteiger partial charge on any atom is 0.230 e. The van der Waals surface area contributed by atoms with Crippen molar-refractivity contribution in [1.29, 1.82) is 0 Å². The maximum absolute atomic E-state index is 12.0. The summed E-state index contributed by atoms with van der Waals surface area (Å²) < 4.78 is 4.47. The fourth-order valence-electron chi connectivity index (χ4n) is 2.00. The van der Waals surface area contributed by atoms with Gasteiger partial charge >= 0.3 is 0 Å². The maximum atomic E-state index is 12.0. The summed E-state index contributed by atoms with van der Waals surface area (Å²) >= 11 is 0. The van der Waals surface area contributed by atoms with E-state index in [-0.39, 0.29) is 29.7 Å². The Bertz CT molecular complexity index is 713. The summed E-state index contributed by atoms with van der Waals surface area (Å²) in [5.74, 6) is 0.264. The van der Waals surface area contributed by atoms with Crippen molar-refractivity contribution in [2.45, 2.75) is 25.8 Å². The molecule has 0 fully saturated rings. The Hall–Kier alpha value is -2.84. The van der Waals surface area contributed by atoms with Gasteiger partial charge in [0.05, 0.1) is 0 Å². The van der Waals surface area contributed by atoms with Crippen molar-refractivity contribution < 1.29 is 9.42 Å². The average molecular weight is 287 g/mol. The van der Waals surface area contributed by atoms with Gasteiger partial charge < -0.3 is 5.73 Å². The molecule has 0 radical (unpaired) electrons. The molecule has 108 valence electrons. The molecule has 0 saturated heterocycles. The first-order valence-corrected chi connectivity index (χ1v) is 6.46. The third kappa shape index (κ3) is 3.02. The smallest absolute Gasteiger partial charge is 0.230 e. The van der Waals surface area contributed by atoms with E-state index < -0.39 is 0 Å². The summed E-state index contributed by atoms with van der Waals surface area (Å²) in [6, 6.07) is 0. The molecule has 0 amide bonds. The van der Waals surface area contributed by atoms with Crippen LogP contribution in [0, 0.1) is 0 Å². The minimum absolute atomic E-state index is 0.00278. The molecule has 0 saturated carbocycles. The van der Waals surface area contributed by atoms with E-state index in [4.69, 9.17) is 5.73 Å². The first-order valence-electron chi connectivity index (χ1n) is 6.46. The van der Waals surface area contributed by atoms with Crippen molar-refractivity contribution in [3.8, 4) is 11.5 Å². The topological polar surface area (TPSA) is 126 Å². The number of nitrogens with two attached hydrogens (primary N) is 1. The number of nitrogens with zero attached hydrogens (tertiary/aromatic N) is 6. The molecule has 2 heterocycles. The van der Waals surface area contributed by atoms with Gasteiger partial charge in [0.2, 0.25) is 5.82 Å². The zero-order valence-corrected chi connectivity index (χ0v) is 11.1. The van der Waals surface area contributed by atoms with Crippen molar-refractivity contribution in [3.63, 3.8) is 0 Å². The normalized spacial score (nSPS) is 14.2. The Labute approximate surface area is 119 Å². The largest absolute Gasteiger partial charge is 0.379 e. The van der Waals surface area contributed by atoms with Crippen molar-refractivity contribution in [2.75, 3.05) is 5.73 Å². The predicted octanol–water partition coefficient (Wildman–Crippen LogP) is 0.541. The number of tetrazole rings is 1. The molecule has 0 unspecified atom stereocenters. The lowest BCUT2D eigenvalue weighted by Crippen LogP contribution is -2.13. The predicted molar refractivity (Wildman–Crippen MR) is 71.6 cm³/mol. The third-order valence-electron chi connectivity index (χ3n) is 2.97. The number of rotatable bonds is 5. The van der Waals surface area contributed by atoms with Crippen molar-refractivity contribution in [1.82, 2.24) is 30.5 Å². The van der Waals surface area contributed by atoms with Gasteiger partial charge in [0.25, 0.3) is 0 Å². The number of aromatic nitrogens is 6. The lowest BCUT2D eigenvalue weighted by Gasteiger charge is -2.05. The van der Waals surface area contributed by atoms with Gasteiger partial charge in [-0.05, 0) is 33.9 Å². The number of carbonyl (C=O) groups excluding carboxylic acids is 1. The highest BCUT2D eigenvalue weighted by Gasteiger charge is 2.16. The summed E-state index contributed by atoms with van der Waals surface area (Å²) in [7, 11) is 0. The summed E-state index contributed by atoms with van der Waals surface area (Å²) in [5.41, 5.74) is 6.78. The van der Waals surface area contributed by atoms with E-state index in [1.165, 1.54) is 4.80 Å². The number of nitrogen functional groups attached to an aromatic ring is 1. The number of allylic oxidation sites excluding steroid dienone is 4. The summed E-state index contributed by atoms with van der Waals surface area (Å²) in [6.45, 7) is 0.0450. The quantitative estimate of drug-likeness (QED) is 0.844. The van der Waals surface area contributed by atoms with Gasteiger partial charge in [-0.3, -0.25) is 4.79 Å². The van der Waals surface area contributed by atoms with Gasteiger partial charge in [0.1, 0.15) is 6.54 Å². The van der Waals surface area contributed by atoms with Gasteiger partial charge in [-0.2, -0.15) is 4.80 Å². The van der Waals surface area contributed by atoms with Gasteiger partial charge in [0.15, 0.2) is 17.3 Å². The highest BCUT2D eigenvalue weighted by Crippen LogP contribution is 2.16. The second-order valence-electron chi connectivity index (χ2n) is 4.62. The molecule has 2 aromatic heterocycles. The first kappa shape index (κ1) is 13.2. The van der Waals surface area contributed by atoms with E-state index in [2.05, 4.69) is 42.5 Å². The Kier molecular flexibility index (Phi) is 3.54. The fourth-order valence-corrected chi connectivity index (χ4v) is 2.00. The Morgan fingerprint density at radius 2 is 2.29 bits per heavy atom. The molecule has 9 heteroatoms. The molecule has 1 aliphatic rings. The zero-order chi connectivity index (χ0) is 14.7. The van der Waals surface area contributed by atoms with E-state index in [0.717, 1.165) is 18.4 Å². The number of ketones is 1. The van der Waals surface area contributed by atoms with Crippen LogP contribution < -0.4 is 5.73 Å². The van der Waals surface area contributed by atoms with Crippen LogP contribution in [0.15, 0.2) is 28.4 Å². The Morgan fingerprint density at radius 1 is 1.38 bits per heavy atom. The SMILES string of the molecule is Nc1nonc1-c1nnn(CC(=O)CC2=CCCC=C2)n1. The zero-order valence-electron chi connectivity index (χ0n) is 11.1. The van der Waals surface area contributed by atoms with E-state index in [9.17, 15) is 4.79 Å². The molecule has 0 spiro atoms. The van der Waals surface area contributed by atoms with Gasteiger partial charge in [-0.15, -0.1) is 10.2 Å². The molecule has 3 rings (SSSR count). The van der Waals surface area contributed by atoms with Crippen LogP contribution in [0.3, 0.4) is 0 Å². The molecule has 2 aromatic rings. The average Bonchev–Trinajstić information content (AvgIpc) is 3.08. The fraction of sp³-hybridized carbons (Fsp3) is 0.333. The molecule has 1 aliphatic carbocycles. The molecular weight excluding hydrogens is 274 g/mol. The van der Waals surface area contributed by atoms with E-state index >= 15 is 0 Å². The Morgan fingerprint density at radius 3 is 3.00 bits per heavy atom. The van der Waals surface area contributed by atoms with E-state index in [0.29, 0.717) is 6.42 Å². The third-order valence-corrected chi connectivity index (χ3v) is 2.97. The number of hydrogen-bond acceptors (Lipinski definition) is 8. The molecule has 2 N–H and O–H groups in total. The van der Waals surface area contributed by atoms with Gasteiger partial charge in [-0.1, -0.05) is 18.2 Å². The van der Waals surface area contributed by atoms with Gasteiger partial charge in [0, 0.05) is 6.42 Å². The van der Waals surface area contributed by atoms with Gasteiger partial charge in [-0.25, -0.2) is 4.63 Å². The van der Waals surface area contributed by atoms with Crippen molar-refractivity contribution in [3.05, 3.63) is 23.8 Å². The minimum atomic E-state index is 0.00278. The Balaban J connectivity index is 1.64. The van der Waals surface area contributed by atoms with Crippen LogP contribution in [-0.2, 0) is 11.3 Å². The second kappa shape index (κ2) is 5.65. The lowest BCUT2D eigenvalue weighted by molar-refractivity contribution is -0.119. The van der Waals surface area contributed by atoms with Crippen LogP contribution in [0.25, 0.3) is 11.5 Å². The van der Waals surface area contributed by atoms with E-state index in [1.54, 1.807) is 0 Å². The van der Waals surface area contributed by atoms with Crippen LogP contribution >= 0.6 is 0 Å². The molecule has 0 aliphatic heterocycles. The lowest BCUT2D eigenvalue weighted by atomic mass is 10.0. The van der Waals surface area contributed by atoms with Crippen LogP contribution in [0.4, 0.5) is 5.82 Å². The number of hydrogen-bond donors (Lipinski definition) is 1. The first-order chi connectivity index (χ1) is 10.2. The summed E-state index contributed by atoms with van der Waals surface area (Å²) in [4.78, 5) is 13.2. The summed E-state index contributed by atoms with van der Waals surface area (Å²) in [6.07, 6.45) is 8.47. The summed E-state index contributed by atoms with van der Waals surface area (Å²) in [5, 5.41) is 18.6. The molecule has 9 nitrogen and oxygen atoms in total. The van der Waals surface area contributed by atoms with Crippen molar-refractivity contribution >= 4 is 11.6 Å². The van der Waals surface area contributed by atoms with Crippen LogP contribution in [-0.4, -0.2) is 36.3 Å². The molecule has 0 aromatic carbocycles. The molecule has 0 bridgehead atoms.